The van der Waals surface area contributed by atoms with Gasteiger partial charge in [0.15, 0.2) is 0 Å². The van der Waals surface area contributed by atoms with Crippen molar-refractivity contribution in [3.8, 4) is 73.3 Å². The van der Waals surface area contributed by atoms with E-state index < -0.39 is 22.8 Å². The van der Waals surface area contributed by atoms with Crippen molar-refractivity contribution in [2.24, 2.45) is 0 Å². The maximum Gasteiger partial charge on any atom is 0.530 e. The van der Waals surface area contributed by atoms with Gasteiger partial charge in [-0.2, -0.15) is 0 Å². The van der Waals surface area contributed by atoms with Crippen LogP contribution in [-0.4, -0.2) is 0 Å². The maximum atomic E-state index is 7.09. The lowest BCUT2D eigenvalue weighted by molar-refractivity contribution is 0.0926. The summed E-state index contributed by atoms with van der Waals surface area (Å²) < 4.78 is 41.5. The molecule has 9 rings (SSSR count). The maximum absolute atomic E-state index is 7.09. The van der Waals surface area contributed by atoms with E-state index in [0.29, 0.717) is 28.7 Å². The third-order valence-electron chi connectivity index (χ3n) is 10.6. The normalized spacial score (nSPS) is 11.3. The molecule has 6 nitrogen and oxygen atoms in total. The van der Waals surface area contributed by atoms with Crippen molar-refractivity contribution in [3.63, 3.8) is 0 Å². The SMILES string of the molecule is CC(C)(OP(Oc1ccccc1-c1ccccc1)Oc1ccccc1-c1ccccc1)c1ccccc1OP(Oc1ccccc1-c1ccccc1)Oc1ccccc1-c1ccccc1. The summed E-state index contributed by atoms with van der Waals surface area (Å²) >= 11 is 0. The van der Waals surface area contributed by atoms with Gasteiger partial charge in [-0.15, -0.1) is 0 Å². The number of hydrogen-bond acceptors (Lipinski definition) is 6. The zero-order valence-electron chi connectivity index (χ0n) is 35.9. The van der Waals surface area contributed by atoms with Gasteiger partial charge in [0.25, 0.3) is 0 Å². The molecule has 0 aliphatic carbocycles. The van der Waals surface area contributed by atoms with Gasteiger partial charge in [-0.05, 0) is 66.4 Å². The molecule has 0 aliphatic rings. The zero-order chi connectivity index (χ0) is 44.3. The van der Waals surface area contributed by atoms with Crippen LogP contribution in [0.4, 0.5) is 0 Å². The van der Waals surface area contributed by atoms with Crippen molar-refractivity contribution in [2.45, 2.75) is 19.4 Å². The highest BCUT2D eigenvalue weighted by Crippen LogP contribution is 2.54. The largest absolute Gasteiger partial charge is 0.530 e. The van der Waals surface area contributed by atoms with Crippen LogP contribution in [-0.2, 0) is 10.1 Å². The van der Waals surface area contributed by atoms with E-state index in [1.54, 1.807) is 0 Å². The highest BCUT2D eigenvalue weighted by molar-refractivity contribution is 7.43. The Bertz CT molecular complexity index is 2760. The molecule has 0 spiro atoms. The molecule has 0 fully saturated rings. The third kappa shape index (κ3) is 10.6. The summed E-state index contributed by atoms with van der Waals surface area (Å²) in [5.41, 5.74) is 7.38. The summed E-state index contributed by atoms with van der Waals surface area (Å²) in [7, 11) is -4.26. The predicted octanol–water partition coefficient (Wildman–Crippen LogP) is 16.8. The summed E-state index contributed by atoms with van der Waals surface area (Å²) in [5.74, 6) is 3.01. The molecule has 0 N–H and O–H groups in total. The molecular weight excluding hydrogens is 843 g/mol. The molecule has 9 aromatic carbocycles. The van der Waals surface area contributed by atoms with E-state index in [0.717, 1.165) is 50.1 Å². The number of rotatable bonds is 17. The molecular formula is C57H46O6P2. The van der Waals surface area contributed by atoms with E-state index in [1.165, 1.54) is 0 Å². The summed E-state index contributed by atoms with van der Waals surface area (Å²) in [6, 6.07) is 80.1. The van der Waals surface area contributed by atoms with Gasteiger partial charge in [0.1, 0.15) is 34.3 Å². The molecule has 0 atom stereocenters. The average molecular weight is 889 g/mol. The molecule has 0 saturated heterocycles. The van der Waals surface area contributed by atoms with E-state index in [9.17, 15) is 0 Å². The molecule has 0 saturated carbocycles. The zero-order valence-corrected chi connectivity index (χ0v) is 37.7. The summed E-state index contributed by atoms with van der Waals surface area (Å²) in [6.45, 7) is 3.98. The minimum Gasteiger partial charge on any atom is -0.417 e. The first-order valence-electron chi connectivity index (χ1n) is 21.3. The summed E-state index contributed by atoms with van der Waals surface area (Å²) in [4.78, 5) is 0. The molecule has 0 radical (unpaired) electrons. The van der Waals surface area contributed by atoms with E-state index in [-0.39, 0.29) is 0 Å². The van der Waals surface area contributed by atoms with Gasteiger partial charge in [0, 0.05) is 27.8 Å². The molecule has 0 unspecified atom stereocenters. The van der Waals surface area contributed by atoms with Gasteiger partial charge >= 0.3 is 17.2 Å². The second kappa shape index (κ2) is 20.5. The molecule has 8 heteroatoms. The van der Waals surface area contributed by atoms with Crippen molar-refractivity contribution in [3.05, 3.63) is 248 Å². The minimum absolute atomic E-state index is 0.516. The molecule has 320 valence electrons. The van der Waals surface area contributed by atoms with Crippen LogP contribution in [0.15, 0.2) is 243 Å². The number of para-hydroxylation sites is 5. The Hall–Kier alpha value is -7.20. The predicted molar refractivity (Wildman–Crippen MR) is 265 cm³/mol. The Morgan fingerprint density at radius 1 is 0.262 bits per heavy atom. The van der Waals surface area contributed by atoms with Crippen molar-refractivity contribution >= 4 is 17.2 Å². The number of benzene rings is 9. The molecule has 9 aromatic rings. The lowest BCUT2D eigenvalue weighted by Gasteiger charge is -2.31. The van der Waals surface area contributed by atoms with E-state index >= 15 is 0 Å². The Morgan fingerprint density at radius 3 is 0.846 bits per heavy atom. The summed E-state index contributed by atoms with van der Waals surface area (Å²) in [6.07, 6.45) is 0. The van der Waals surface area contributed by atoms with Gasteiger partial charge in [-0.25, -0.2) is 0 Å². The Balaban J connectivity index is 1.08. The van der Waals surface area contributed by atoms with Gasteiger partial charge < -0.3 is 22.6 Å². The van der Waals surface area contributed by atoms with Gasteiger partial charge in [0.05, 0.1) is 0 Å². The first-order chi connectivity index (χ1) is 32.0. The molecule has 65 heavy (non-hydrogen) atoms. The number of hydrogen-bond donors (Lipinski definition) is 0. The van der Waals surface area contributed by atoms with Gasteiger partial charge in [0.2, 0.25) is 0 Å². The van der Waals surface area contributed by atoms with Gasteiger partial charge in [-0.3, -0.25) is 4.52 Å². The van der Waals surface area contributed by atoms with Crippen molar-refractivity contribution in [2.75, 3.05) is 0 Å². The molecule has 0 heterocycles. The Labute approximate surface area is 383 Å². The molecule has 0 bridgehead atoms. The standard InChI is InChI=1S/C57H46O6P2/c1-57(2,63-65(60-54-40-22-17-35-49(54)45-29-11-5-12-30-45)61-55-41-23-18-36-50(55)46-31-13-6-14-32-46)51-37-19-24-42-56(51)62-64(58-52-38-20-15-33-47(52)43-25-7-3-8-26-43)59-53-39-21-16-34-48(53)44-27-9-4-10-28-44/h3-42H,1-2H3. The Morgan fingerprint density at radius 2 is 0.508 bits per heavy atom. The summed E-state index contributed by atoms with van der Waals surface area (Å²) in [5, 5.41) is 0. The molecule has 0 amide bonds. The van der Waals surface area contributed by atoms with Crippen molar-refractivity contribution in [1.82, 2.24) is 0 Å². The molecule has 0 aliphatic heterocycles. The lowest BCUT2D eigenvalue weighted by Crippen LogP contribution is -2.22. The lowest BCUT2D eigenvalue weighted by atomic mass is 9.98. The topological polar surface area (TPSA) is 55.4 Å². The smallest absolute Gasteiger partial charge is 0.417 e. The second-order valence-corrected chi connectivity index (χ2v) is 17.4. The van der Waals surface area contributed by atoms with Crippen LogP contribution in [0.5, 0.6) is 28.7 Å². The average Bonchev–Trinajstić information content (AvgIpc) is 3.36. The fraction of sp³-hybridized carbons (Fsp3) is 0.0526. The van der Waals surface area contributed by atoms with Crippen LogP contribution < -0.4 is 22.6 Å². The van der Waals surface area contributed by atoms with Crippen LogP contribution in [0.3, 0.4) is 0 Å². The van der Waals surface area contributed by atoms with Crippen LogP contribution in [0.1, 0.15) is 19.4 Å². The van der Waals surface area contributed by atoms with Crippen LogP contribution in [0, 0.1) is 0 Å². The monoisotopic (exact) mass is 888 g/mol. The van der Waals surface area contributed by atoms with Crippen molar-refractivity contribution in [1.29, 1.82) is 0 Å². The van der Waals surface area contributed by atoms with E-state index in [4.69, 9.17) is 27.1 Å². The Kier molecular flexibility index (Phi) is 13.6. The second-order valence-electron chi connectivity index (χ2n) is 15.5. The fourth-order valence-corrected chi connectivity index (χ4v) is 9.70. The highest BCUT2D eigenvalue weighted by Gasteiger charge is 2.36. The van der Waals surface area contributed by atoms with Crippen molar-refractivity contribution < 1.29 is 27.1 Å². The fourth-order valence-electron chi connectivity index (χ4n) is 7.40. The minimum atomic E-state index is -2.14. The third-order valence-corrected chi connectivity index (χ3v) is 12.9. The van der Waals surface area contributed by atoms with E-state index in [2.05, 4.69) is 48.5 Å². The first kappa shape index (κ1) is 43.1. The van der Waals surface area contributed by atoms with Gasteiger partial charge in [-0.1, -0.05) is 212 Å². The first-order valence-corrected chi connectivity index (χ1v) is 23.5. The van der Waals surface area contributed by atoms with Crippen LogP contribution in [0.2, 0.25) is 0 Å². The quantitative estimate of drug-likeness (QED) is 0.0849. The van der Waals surface area contributed by atoms with Crippen LogP contribution in [0.25, 0.3) is 44.5 Å². The highest BCUT2D eigenvalue weighted by atomic mass is 31.2. The molecule has 0 aromatic heterocycles. The van der Waals surface area contributed by atoms with E-state index in [1.807, 2.05) is 208 Å². The van der Waals surface area contributed by atoms with Crippen LogP contribution >= 0.6 is 17.2 Å².